The smallest absolute Gasteiger partial charge is 0.186 e. The number of ketones is 1. The zero-order chi connectivity index (χ0) is 12.3. The largest absolute Gasteiger partial charge is 0.396 e. The Bertz CT molecular complexity index is 394. The van der Waals surface area contributed by atoms with Gasteiger partial charge in [-0.3, -0.25) is 9.69 Å². The minimum absolute atomic E-state index is 0.180. The molecule has 0 radical (unpaired) electrons. The minimum Gasteiger partial charge on any atom is -0.396 e. The van der Waals surface area contributed by atoms with Crippen molar-refractivity contribution in [3.63, 3.8) is 0 Å². The Kier molecular flexibility index (Phi) is 4.73. The third-order valence-corrected chi connectivity index (χ3v) is 4.74. The fraction of sp³-hybridized carbons (Fsp3) is 0.583. The summed E-state index contributed by atoms with van der Waals surface area (Å²) in [6.07, 6.45) is 2.15. The summed E-state index contributed by atoms with van der Waals surface area (Å²) in [6, 6.07) is 3.77. The Labute approximate surface area is 114 Å². The fourth-order valence-corrected chi connectivity index (χ4v) is 3.51. The standard InChI is InChI=1S/C12H16BrNO2S/c13-12-4-3-11(17-12)10(16)7-14-5-1-2-9(6-14)8-15/h3-4,9,15H,1-2,5-8H2. The molecule has 0 spiro atoms. The normalized spacial score (nSPS) is 21.6. The van der Waals surface area contributed by atoms with Crippen molar-refractivity contribution in [1.82, 2.24) is 4.90 Å². The predicted octanol–water partition coefficient (Wildman–Crippen LogP) is 2.40. The van der Waals surface area contributed by atoms with Gasteiger partial charge in [0.25, 0.3) is 0 Å². The molecular formula is C12H16BrNO2S. The molecule has 0 saturated carbocycles. The number of carbonyl (C=O) groups is 1. The number of aliphatic hydroxyl groups is 1. The highest BCUT2D eigenvalue weighted by atomic mass is 79.9. The minimum atomic E-state index is 0.180. The topological polar surface area (TPSA) is 40.5 Å². The highest BCUT2D eigenvalue weighted by Gasteiger charge is 2.21. The number of piperidine rings is 1. The van der Waals surface area contributed by atoms with Crippen molar-refractivity contribution in [1.29, 1.82) is 0 Å². The molecule has 1 aromatic heterocycles. The number of likely N-dealkylation sites (tertiary alicyclic amines) is 1. The maximum absolute atomic E-state index is 12.0. The van der Waals surface area contributed by atoms with E-state index in [1.807, 2.05) is 12.1 Å². The Hall–Kier alpha value is -0.230. The number of Topliss-reactive ketones (excluding diaryl/α,β-unsaturated/α-hetero) is 1. The number of hydrogen-bond donors (Lipinski definition) is 1. The average Bonchev–Trinajstić information content (AvgIpc) is 2.76. The third kappa shape index (κ3) is 3.61. The summed E-state index contributed by atoms with van der Waals surface area (Å²) in [5, 5.41) is 9.15. The molecule has 2 rings (SSSR count). The first-order valence-corrected chi connectivity index (χ1v) is 7.41. The van der Waals surface area contributed by atoms with Gasteiger partial charge in [0.2, 0.25) is 0 Å². The van der Waals surface area contributed by atoms with Crippen LogP contribution in [0.4, 0.5) is 0 Å². The molecule has 3 nitrogen and oxygen atoms in total. The van der Waals surface area contributed by atoms with Crippen LogP contribution in [0, 0.1) is 5.92 Å². The zero-order valence-corrected chi connectivity index (χ0v) is 12.0. The van der Waals surface area contributed by atoms with Gasteiger partial charge in [-0.2, -0.15) is 0 Å². The van der Waals surface area contributed by atoms with Gasteiger partial charge in [0.15, 0.2) is 5.78 Å². The summed E-state index contributed by atoms with van der Waals surface area (Å²) in [5.74, 6) is 0.519. The zero-order valence-electron chi connectivity index (χ0n) is 9.56. The molecule has 1 aliphatic rings. The Morgan fingerprint density at radius 1 is 1.59 bits per heavy atom. The molecule has 5 heteroatoms. The van der Waals surface area contributed by atoms with Crippen LogP contribution in [0.2, 0.25) is 0 Å². The maximum Gasteiger partial charge on any atom is 0.186 e. The number of aliphatic hydroxyl groups excluding tert-OH is 1. The molecule has 94 valence electrons. The summed E-state index contributed by atoms with van der Waals surface area (Å²) in [4.78, 5) is 15.0. The van der Waals surface area contributed by atoms with E-state index in [-0.39, 0.29) is 12.4 Å². The van der Waals surface area contributed by atoms with Gasteiger partial charge in [-0.15, -0.1) is 11.3 Å². The summed E-state index contributed by atoms with van der Waals surface area (Å²) in [5.41, 5.74) is 0. The molecule has 1 N–H and O–H groups in total. The molecular weight excluding hydrogens is 302 g/mol. The number of halogens is 1. The summed E-state index contributed by atoms with van der Waals surface area (Å²) < 4.78 is 0.993. The van der Waals surface area contributed by atoms with Gasteiger partial charge in [-0.1, -0.05) is 0 Å². The predicted molar refractivity (Wildman–Crippen MR) is 72.6 cm³/mol. The Morgan fingerprint density at radius 2 is 2.41 bits per heavy atom. The monoisotopic (exact) mass is 317 g/mol. The van der Waals surface area contributed by atoms with Crippen molar-refractivity contribution in [2.24, 2.45) is 5.92 Å². The van der Waals surface area contributed by atoms with Crippen LogP contribution in [0.5, 0.6) is 0 Å². The van der Waals surface area contributed by atoms with Crippen LogP contribution < -0.4 is 0 Å². The third-order valence-electron chi connectivity index (χ3n) is 3.08. The number of hydrogen-bond acceptors (Lipinski definition) is 4. The van der Waals surface area contributed by atoms with Gasteiger partial charge in [-0.25, -0.2) is 0 Å². The van der Waals surface area contributed by atoms with Gasteiger partial charge in [0.1, 0.15) is 0 Å². The van der Waals surface area contributed by atoms with E-state index in [0.717, 1.165) is 34.6 Å². The van der Waals surface area contributed by atoms with Crippen molar-refractivity contribution in [2.75, 3.05) is 26.2 Å². The number of thiophene rings is 1. The molecule has 1 aliphatic heterocycles. The van der Waals surface area contributed by atoms with Crippen molar-refractivity contribution < 1.29 is 9.90 Å². The second-order valence-corrected chi connectivity index (χ2v) is 6.92. The van der Waals surface area contributed by atoms with Crippen LogP contribution >= 0.6 is 27.3 Å². The summed E-state index contributed by atoms with van der Waals surface area (Å²) in [6.45, 7) is 2.52. The highest BCUT2D eigenvalue weighted by molar-refractivity contribution is 9.11. The first-order chi connectivity index (χ1) is 8.19. The quantitative estimate of drug-likeness (QED) is 0.867. The van der Waals surface area contributed by atoms with Crippen molar-refractivity contribution in [3.05, 3.63) is 20.8 Å². The Morgan fingerprint density at radius 3 is 3.06 bits per heavy atom. The molecule has 0 aliphatic carbocycles. The lowest BCUT2D eigenvalue weighted by Gasteiger charge is -2.30. The van der Waals surface area contributed by atoms with Crippen molar-refractivity contribution >= 4 is 33.0 Å². The van der Waals surface area contributed by atoms with Crippen molar-refractivity contribution in [3.8, 4) is 0 Å². The van der Waals surface area contributed by atoms with Gasteiger partial charge >= 0.3 is 0 Å². The molecule has 0 aromatic carbocycles. The second kappa shape index (κ2) is 6.09. The van der Waals surface area contributed by atoms with E-state index in [1.54, 1.807) is 0 Å². The van der Waals surface area contributed by atoms with Crippen LogP contribution in [0.3, 0.4) is 0 Å². The van der Waals surface area contributed by atoms with Crippen LogP contribution in [-0.4, -0.2) is 42.0 Å². The maximum atomic E-state index is 12.0. The van der Waals surface area contributed by atoms with Gasteiger partial charge in [0, 0.05) is 13.2 Å². The molecule has 17 heavy (non-hydrogen) atoms. The lowest BCUT2D eigenvalue weighted by molar-refractivity contribution is 0.0837. The van der Waals surface area contributed by atoms with Crippen LogP contribution in [-0.2, 0) is 0 Å². The van der Waals surface area contributed by atoms with Gasteiger partial charge in [-0.05, 0) is 53.4 Å². The highest BCUT2D eigenvalue weighted by Crippen LogP contribution is 2.23. The molecule has 2 heterocycles. The SMILES string of the molecule is O=C(CN1CCCC(CO)C1)c1ccc(Br)s1. The summed E-state index contributed by atoms with van der Waals surface area (Å²) in [7, 11) is 0. The number of rotatable bonds is 4. The molecule has 1 fully saturated rings. The van der Waals surface area contributed by atoms with E-state index >= 15 is 0 Å². The van der Waals surface area contributed by atoms with Crippen molar-refractivity contribution in [2.45, 2.75) is 12.8 Å². The number of carbonyl (C=O) groups excluding carboxylic acids is 1. The summed E-state index contributed by atoms with van der Waals surface area (Å²) >= 11 is 4.85. The molecule has 1 unspecified atom stereocenters. The van der Waals surface area contributed by atoms with Crippen LogP contribution in [0.25, 0.3) is 0 Å². The van der Waals surface area contributed by atoms with E-state index in [4.69, 9.17) is 5.11 Å². The Balaban J connectivity index is 1.90. The number of nitrogens with zero attached hydrogens (tertiary/aromatic N) is 1. The first kappa shape index (κ1) is 13.2. The van der Waals surface area contributed by atoms with Gasteiger partial charge in [0.05, 0.1) is 15.2 Å². The van der Waals surface area contributed by atoms with Crippen LogP contribution in [0.15, 0.2) is 15.9 Å². The molecule has 1 atom stereocenters. The fourth-order valence-electron chi connectivity index (χ4n) is 2.19. The molecule has 1 aromatic rings. The average molecular weight is 318 g/mol. The second-order valence-electron chi connectivity index (χ2n) is 4.45. The first-order valence-electron chi connectivity index (χ1n) is 5.81. The van der Waals surface area contributed by atoms with E-state index < -0.39 is 0 Å². The van der Waals surface area contributed by atoms with E-state index in [1.165, 1.54) is 11.3 Å². The lowest BCUT2D eigenvalue weighted by atomic mass is 9.99. The van der Waals surface area contributed by atoms with E-state index in [2.05, 4.69) is 20.8 Å². The molecule has 0 amide bonds. The van der Waals surface area contributed by atoms with E-state index in [0.29, 0.717) is 12.5 Å². The molecule has 1 saturated heterocycles. The molecule has 0 bridgehead atoms. The van der Waals surface area contributed by atoms with E-state index in [9.17, 15) is 4.79 Å². The van der Waals surface area contributed by atoms with Gasteiger partial charge < -0.3 is 5.11 Å². The van der Waals surface area contributed by atoms with Crippen LogP contribution in [0.1, 0.15) is 22.5 Å². The lowest BCUT2D eigenvalue weighted by Crippen LogP contribution is -2.39.